The average molecular weight is 340 g/mol. The zero-order chi connectivity index (χ0) is 16.8. The lowest BCUT2D eigenvalue weighted by Gasteiger charge is -2.37. The van der Waals surface area contributed by atoms with Gasteiger partial charge >= 0.3 is 0 Å². The number of ether oxygens (including phenoxy) is 2. The molecule has 2 aliphatic rings. The molecular formula is C20H20O3S. The van der Waals surface area contributed by atoms with E-state index in [1.54, 1.807) is 11.8 Å². The number of hydrogen-bond donors (Lipinski definition) is 1. The number of rotatable bonds is 2. The first kappa shape index (κ1) is 15.6. The first-order valence-electron chi connectivity index (χ1n) is 8.22. The molecule has 2 heterocycles. The smallest absolute Gasteiger partial charge is 0.136 e. The molecule has 2 aliphatic heterocycles. The van der Waals surface area contributed by atoms with Gasteiger partial charge in [-0.15, -0.1) is 0 Å². The first-order valence-corrected chi connectivity index (χ1v) is 9.10. The monoisotopic (exact) mass is 340 g/mol. The number of thioether (sulfide) groups is 1. The van der Waals surface area contributed by atoms with Gasteiger partial charge in [-0.3, -0.25) is 0 Å². The molecule has 0 saturated heterocycles. The van der Waals surface area contributed by atoms with Crippen LogP contribution in [0.2, 0.25) is 0 Å². The highest BCUT2D eigenvalue weighted by Gasteiger charge is 2.38. The van der Waals surface area contributed by atoms with Crippen LogP contribution in [0, 0.1) is 6.92 Å². The van der Waals surface area contributed by atoms with Gasteiger partial charge in [0.15, 0.2) is 0 Å². The topological polar surface area (TPSA) is 38.7 Å². The van der Waals surface area contributed by atoms with E-state index in [2.05, 4.69) is 13.8 Å². The second-order valence-electron chi connectivity index (χ2n) is 6.24. The first-order chi connectivity index (χ1) is 11.6. The minimum atomic E-state index is -0.170. The van der Waals surface area contributed by atoms with E-state index in [4.69, 9.17) is 9.47 Å². The van der Waals surface area contributed by atoms with Crippen molar-refractivity contribution in [2.45, 2.75) is 43.6 Å². The minimum Gasteiger partial charge on any atom is -0.506 e. The van der Waals surface area contributed by atoms with Crippen molar-refractivity contribution in [3.63, 3.8) is 0 Å². The highest BCUT2D eigenvalue weighted by Crippen LogP contribution is 2.55. The molecule has 0 aromatic heterocycles. The molecule has 0 spiro atoms. The van der Waals surface area contributed by atoms with Gasteiger partial charge in [0.2, 0.25) is 0 Å². The summed E-state index contributed by atoms with van der Waals surface area (Å²) in [4.78, 5) is 0.902. The van der Waals surface area contributed by atoms with Crippen molar-refractivity contribution in [1.29, 1.82) is 0 Å². The Bertz CT molecular complexity index is 827. The van der Waals surface area contributed by atoms with Crippen LogP contribution in [0.15, 0.2) is 46.9 Å². The third-order valence-corrected chi connectivity index (χ3v) is 5.93. The van der Waals surface area contributed by atoms with Crippen molar-refractivity contribution in [2.75, 3.05) is 0 Å². The molecule has 2 aromatic rings. The van der Waals surface area contributed by atoms with Gasteiger partial charge < -0.3 is 14.6 Å². The molecule has 3 nitrogen and oxygen atoms in total. The number of phenols is 1. The summed E-state index contributed by atoms with van der Waals surface area (Å²) in [5.41, 5.74) is 3.93. The van der Waals surface area contributed by atoms with Crippen molar-refractivity contribution in [1.82, 2.24) is 0 Å². The third kappa shape index (κ3) is 2.33. The highest BCUT2D eigenvalue weighted by molar-refractivity contribution is 8.00. The fraction of sp³-hybridized carbons (Fsp3) is 0.300. The van der Waals surface area contributed by atoms with Gasteiger partial charge in [-0.2, -0.15) is 0 Å². The van der Waals surface area contributed by atoms with Gasteiger partial charge in [0.05, 0.1) is 4.90 Å². The number of hydrogen-bond acceptors (Lipinski definition) is 4. The second-order valence-corrected chi connectivity index (χ2v) is 7.40. The van der Waals surface area contributed by atoms with E-state index in [0.717, 1.165) is 45.1 Å². The van der Waals surface area contributed by atoms with E-state index in [9.17, 15) is 5.11 Å². The maximum Gasteiger partial charge on any atom is 0.136 e. The Morgan fingerprint density at radius 1 is 1.17 bits per heavy atom. The number of aromatic hydroxyl groups is 1. The maximum atomic E-state index is 10.5. The van der Waals surface area contributed by atoms with Crippen molar-refractivity contribution in [3.8, 4) is 11.5 Å². The molecule has 124 valence electrons. The lowest BCUT2D eigenvalue weighted by atomic mass is 9.94. The Balaban J connectivity index is 1.91. The van der Waals surface area contributed by atoms with Gasteiger partial charge in [0.25, 0.3) is 0 Å². The molecule has 2 unspecified atom stereocenters. The summed E-state index contributed by atoms with van der Waals surface area (Å²) in [6, 6.07) is 12.0. The SMILES string of the molecule is CCC1OC2C(C)=C(c3ccccc3)Oc3cc(C)c(O)c(c32)S1. The van der Waals surface area contributed by atoms with Crippen LogP contribution < -0.4 is 4.74 Å². The largest absolute Gasteiger partial charge is 0.506 e. The van der Waals surface area contributed by atoms with Crippen molar-refractivity contribution in [2.24, 2.45) is 0 Å². The lowest BCUT2D eigenvalue weighted by molar-refractivity contribution is 0.0441. The molecule has 0 aliphatic carbocycles. The molecule has 0 amide bonds. The molecule has 0 bridgehead atoms. The fourth-order valence-electron chi connectivity index (χ4n) is 3.28. The van der Waals surface area contributed by atoms with Gasteiger partial charge in [-0.05, 0) is 31.9 Å². The zero-order valence-electron chi connectivity index (χ0n) is 14.0. The molecular weight excluding hydrogens is 320 g/mol. The predicted octanol–water partition coefficient (Wildman–Crippen LogP) is 5.42. The van der Waals surface area contributed by atoms with Crippen molar-refractivity contribution < 1.29 is 14.6 Å². The van der Waals surface area contributed by atoms with Gasteiger partial charge in [-0.25, -0.2) is 0 Å². The molecule has 0 saturated carbocycles. The summed E-state index contributed by atoms with van der Waals surface area (Å²) in [7, 11) is 0. The number of benzene rings is 2. The van der Waals surface area contributed by atoms with Crippen LogP contribution in [0.1, 0.15) is 43.1 Å². The quantitative estimate of drug-likeness (QED) is 0.792. The van der Waals surface area contributed by atoms with Crippen LogP contribution in [0.5, 0.6) is 11.5 Å². The number of phenolic OH excluding ortho intramolecular Hbond substituents is 1. The standard InChI is InChI=1S/C20H20O3S/c1-4-15-23-19-12(3)18(13-8-6-5-7-9-13)22-14-10-11(2)17(21)20(24-15)16(14)19/h5-10,15,19,21H,4H2,1-3H3. The van der Waals surface area contributed by atoms with E-state index in [-0.39, 0.29) is 11.5 Å². The minimum absolute atomic E-state index is 0.0353. The van der Waals surface area contributed by atoms with E-state index < -0.39 is 0 Å². The summed E-state index contributed by atoms with van der Waals surface area (Å²) in [6.45, 7) is 6.07. The van der Waals surface area contributed by atoms with Crippen LogP contribution in [0.4, 0.5) is 0 Å². The molecule has 2 aromatic carbocycles. The van der Waals surface area contributed by atoms with E-state index in [1.807, 2.05) is 43.3 Å². The Hall–Kier alpha value is -1.91. The van der Waals surface area contributed by atoms with Crippen LogP contribution in [-0.4, -0.2) is 10.5 Å². The van der Waals surface area contributed by atoms with Gasteiger partial charge in [0, 0.05) is 16.7 Å². The van der Waals surface area contributed by atoms with Crippen LogP contribution in [0.3, 0.4) is 0 Å². The van der Waals surface area contributed by atoms with E-state index >= 15 is 0 Å². The Labute approximate surface area is 146 Å². The third-order valence-electron chi connectivity index (χ3n) is 4.58. The van der Waals surface area contributed by atoms with Crippen molar-refractivity contribution in [3.05, 3.63) is 58.7 Å². The normalized spacial score (nSPS) is 22.1. The summed E-state index contributed by atoms with van der Waals surface area (Å²) < 4.78 is 12.6. The fourth-order valence-corrected chi connectivity index (χ4v) is 4.48. The summed E-state index contributed by atoms with van der Waals surface area (Å²) in [6.07, 6.45) is 0.717. The average Bonchev–Trinajstić information content (AvgIpc) is 2.62. The molecule has 4 heteroatoms. The molecule has 4 rings (SSSR count). The molecule has 24 heavy (non-hydrogen) atoms. The van der Waals surface area contributed by atoms with Gasteiger partial charge in [-0.1, -0.05) is 49.0 Å². The number of aryl methyl sites for hydroxylation is 1. The molecule has 0 fully saturated rings. The van der Waals surface area contributed by atoms with Crippen LogP contribution >= 0.6 is 11.8 Å². The van der Waals surface area contributed by atoms with E-state index in [1.165, 1.54) is 0 Å². The molecule has 2 atom stereocenters. The molecule has 0 radical (unpaired) electrons. The lowest BCUT2D eigenvalue weighted by Crippen LogP contribution is -2.25. The Morgan fingerprint density at radius 2 is 1.92 bits per heavy atom. The highest BCUT2D eigenvalue weighted by atomic mass is 32.2. The van der Waals surface area contributed by atoms with Crippen LogP contribution in [-0.2, 0) is 4.74 Å². The summed E-state index contributed by atoms with van der Waals surface area (Å²) in [5.74, 6) is 1.99. The molecule has 1 N–H and O–H groups in total. The summed E-state index contributed by atoms with van der Waals surface area (Å²) >= 11 is 1.59. The predicted molar refractivity (Wildman–Crippen MR) is 96.3 cm³/mol. The second kappa shape index (κ2) is 5.87. The van der Waals surface area contributed by atoms with Crippen LogP contribution in [0.25, 0.3) is 5.76 Å². The maximum absolute atomic E-state index is 10.5. The van der Waals surface area contributed by atoms with E-state index in [0.29, 0.717) is 5.75 Å². The summed E-state index contributed by atoms with van der Waals surface area (Å²) in [5, 5.41) is 10.5. The Kier molecular flexibility index (Phi) is 3.82. The van der Waals surface area contributed by atoms with Crippen molar-refractivity contribution >= 4 is 17.5 Å². The van der Waals surface area contributed by atoms with Gasteiger partial charge in [0.1, 0.15) is 28.8 Å². The Morgan fingerprint density at radius 3 is 2.62 bits per heavy atom. The zero-order valence-corrected chi connectivity index (χ0v) is 14.8.